The number of halogens is 2. The highest BCUT2D eigenvalue weighted by molar-refractivity contribution is 9.11. The van der Waals surface area contributed by atoms with Gasteiger partial charge in [0, 0.05) is 14.6 Å². The van der Waals surface area contributed by atoms with Crippen molar-refractivity contribution >= 4 is 53.3 Å². The standard InChI is InChI=1S/C13H12Br2N2O2S/c14-10-5-3-6-11(15)13(10)17-20(18,19)8-9-4-1-2-7-12(9)16/h1-7,17H,8,16H2. The van der Waals surface area contributed by atoms with Crippen molar-refractivity contribution in [1.29, 1.82) is 0 Å². The summed E-state index contributed by atoms with van der Waals surface area (Å²) in [7, 11) is -3.55. The highest BCUT2D eigenvalue weighted by Crippen LogP contribution is 2.31. The maximum absolute atomic E-state index is 12.2. The Morgan fingerprint density at radius 2 is 1.60 bits per heavy atom. The Bertz CT molecular complexity index is 713. The zero-order chi connectivity index (χ0) is 14.8. The number of benzene rings is 2. The van der Waals surface area contributed by atoms with E-state index in [1.165, 1.54) is 0 Å². The van der Waals surface area contributed by atoms with Crippen molar-refractivity contribution in [2.24, 2.45) is 0 Å². The zero-order valence-electron chi connectivity index (χ0n) is 10.3. The van der Waals surface area contributed by atoms with Gasteiger partial charge < -0.3 is 5.73 Å². The summed E-state index contributed by atoms with van der Waals surface area (Å²) in [6.07, 6.45) is 0. The number of sulfonamides is 1. The molecule has 0 saturated carbocycles. The lowest BCUT2D eigenvalue weighted by molar-refractivity contribution is 0.600. The first kappa shape index (κ1) is 15.3. The second-order valence-corrected chi connectivity index (χ2v) is 7.59. The summed E-state index contributed by atoms with van der Waals surface area (Å²) in [6, 6.07) is 12.2. The van der Waals surface area contributed by atoms with Crippen molar-refractivity contribution in [1.82, 2.24) is 0 Å². The number of para-hydroxylation sites is 2. The minimum Gasteiger partial charge on any atom is -0.398 e. The van der Waals surface area contributed by atoms with Crippen LogP contribution < -0.4 is 10.5 Å². The van der Waals surface area contributed by atoms with Gasteiger partial charge in [-0.1, -0.05) is 24.3 Å². The molecule has 0 unspecified atom stereocenters. The van der Waals surface area contributed by atoms with Crippen molar-refractivity contribution < 1.29 is 8.42 Å². The number of hydrogen-bond acceptors (Lipinski definition) is 3. The maximum Gasteiger partial charge on any atom is 0.237 e. The molecule has 0 bridgehead atoms. The number of rotatable bonds is 4. The van der Waals surface area contributed by atoms with Gasteiger partial charge in [-0.05, 0) is 55.6 Å². The van der Waals surface area contributed by atoms with Gasteiger partial charge in [-0.15, -0.1) is 0 Å². The third kappa shape index (κ3) is 3.74. The lowest BCUT2D eigenvalue weighted by Crippen LogP contribution is -2.16. The highest BCUT2D eigenvalue weighted by atomic mass is 79.9. The molecule has 0 aliphatic heterocycles. The summed E-state index contributed by atoms with van der Waals surface area (Å²) in [5.41, 5.74) is 7.28. The molecule has 0 atom stereocenters. The predicted molar refractivity (Wildman–Crippen MR) is 88.9 cm³/mol. The van der Waals surface area contributed by atoms with Crippen LogP contribution in [0, 0.1) is 0 Å². The van der Waals surface area contributed by atoms with E-state index in [9.17, 15) is 8.42 Å². The number of nitrogens with two attached hydrogens (primary N) is 1. The van der Waals surface area contributed by atoms with Crippen LogP contribution in [-0.4, -0.2) is 8.42 Å². The molecule has 0 spiro atoms. The third-order valence-corrected chi connectivity index (χ3v) is 5.15. The van der Waals surface area contributed by atoms with Crippen LogP contribution in [0.25, 0.3) is 0 Å². The molecule has 0 fully saturated rings. The van der Waals surface area contributed by atoms with Crippen molar-refractivity contribution in [2.75, 3.05) is 10.5 Å². The number of nitrogens with one attached hydrogen (secondary N) is 1. The third-order valence-electron chi connectivity index (χ3n) is 2.62. The lowest BCUT2D eigenvalue weighted by atomic mass is 10.2. The SMILES string of the molecule is Nc1ccccc1CS(=O)(=O)Nc1c(Br)cccc1Br. The smallest absolute Gasteiger partial charge is 0.237 e. The minimum atomic E-state index is -3.55. The fraction of sp³-hybridized carbons (Fsp3) is 0.0769. The average molecular weight is 420 g/mol. The van der Waals surface area contributed by atoms with Crippen molar-refractivity contribution in [2.45, 2.75) is 5.75 Å². The van der Waals surface area contributed by atoms with Crippen LogP contribution in [0.2, 0.25) is 0 Å². The molecule has 0 heterocycles. The van der Waals surface area contributed by atoms with Crippen LogP contribution in [-0.2, 0) is 15.8 Å². The molecule has 0 saturated heterocycles. The molecule has 20 heavy (non-hydrogen) atoms. The fourth-order valence-corrected chi connectivity index (χ4v) is 4.39. The van der Waals surface area contributed by atoms with E-state index >= 15 is 0 Å². The van der Waals surface area contributed by atoms with Crippen LogP contribution in [0.3, 0.4) is 0 Å². The Morgan fingerprint density at radius 1 is 1.00 bits per heavy atom. The number of nitrogen functional groups attached to an aromatic ring is 1. The van der Waals surface area contributed by atoms with Crippen molar-refractivity contribution in [3.05, 3.63) is 57.0 Å². The Labute approximate surface area is 134 Å². The van der Waals surface area contributed by atoms with Crippen molar-refractivity contribution in [3.63, 3.8) is 0 Å². The van der Waals surface area contributed by atoms with Crippen LogP contribution in [0.4, 0.5) is 11.4 Å². The monoisotopic (exact) mass is 418 g/mol. The van der Waals surface area contributed by atoms with E-state index < -0.39 is 10.0 Å². The number of hydrogen-bond donors (Lipinski definition) is 2. The molecular weight excluding hydrogens is 408 g/mol. The molecule has 2 aromatic carbocycles. The summed E-state index contributed by atoms with van der Waals surface area (Å²) in [5, 5.41) is 0. The Kier molecular flexibility index (Phi) is 4.72. The molecule has 0 aromatic heterocycles. The zero-order valence-corrected chi connectivity index (χ0v) is 14.3. The van der Waals surface area contributed by atoms with Gasteiger partial charge in [0.1, 0.15) is 0 Å². The van der Waals surface area contributed by atoms with Gasteiger partial charge in [-0.3, -0.25) is 4.72 Å². The first-order valence-corrected chi connectivity index (χ1v) is 8.91. The molecule has 0 radical (unpaired) electrons. The molecule has 7 heteroatoms. The summed E-state index contributed by atoms with van der Waals surface area (Å²) in [5.74, 6) is -0.173. The predicted octanol–water partition coefficient (Wildman–Crippen LogP) is 3.74. The van der Waals surface area contributed by atoms with E-state index in [0.717, 1.165) is 0 Å². The Morgan fingerprint density at radius 3 is 2.20 bits per heavy atom. The molecule has 0 aliphatic carbocycles. The van der Waals surface area contributed by atoms with E-state index in [4.69, 9.17) is 5.73 Å². The van der Waals surface area contributed by atoms with E-state index in [-0.39, 0.29) is 5.75 Å². The summed E-state index contributed by atoms with van der Waals surface area (Å²) < 4.78 is 28.3. The summed E-state index contributed by atoms with van der Waals surface area (Å²) >= 11 is 6.64. The van der Waals surface area contributed by atoms with Gasteiger partial charge in [0.25, 0.3) is 0 Å². The largest absolute Gasteiger partial charge is 0.398 e. The molecule has 106 valence electrons. The molecular formula is C13H12Br2N2O2S. The van der Waals surface area contributed by atoms with E-state index in [1.54, 1.807) is 42.5 Å². The van der Waals surface area contributed by atoms with E-state index in [1.807, 2.05) is 0 Å². The maximum atomic E-state index is 12.2. The first-order valence-electron chi connectivity index (χ1n) is 5.67. The van der Waals surface area contributed by atoms with Crippen LogP contribution in [0.1, 0.15) is 5.56 Å². The molecule has 4 nitrogen and oxygen atoms in total. The molecule has 2 aromatic rings. The molecule has 0 aliphatic rings. The second kappa shape index (κ2) is 6.15. The molecule has 0 amide bonds. The van der Waals surface area contributed by atoms with Gasteiger partial charge in [0.2, 0.25) is 10.0 Å². The topological polar surface area (TPSA) is 72.2 Å². The summed E-state index contributed by atoms with van der Waals surface area (Å²) in [4.78, 5) is 0. The van der Waals surface area contributed by atoms with Crippen LogP contribution >= 0.6 is 31.9 Å². The van der Waals surface area contributed by atoms with Gasteiger partial charge in [0.05, 0.1) is 11.4 Å². The quantitative estimate of drug-likeness (QED) is 0.741. The Hall–Kier alpha value is -1.05. The fourth-order valence-electron chi connectivity index (χ4n) is 1.66. The van der Waals surface area contributed by atoms with Gasteiger partial charge in [-0.25, -0.2) is 8.42 Å². The number of anilines is 2. The lowest BCUT2D eigenvalue weighted by Gasteiger charge is -2.12. The Balaban J connectivity index is 2.27. The van der Waals surface area contributed by atoms with Crippen molar-refractivity contribution in [3.8, 4) is 0 Å². The van der Waals surface area contributed by atoms with Gasteiger partial charge >= 0.3 is 0 Å². The first-order chi connectivity index (χ1) is 9.39. The van der Waals surface area contributed by atoms with Crippen LogP contribution in [0.5, 0.6) is 0 Å². The summed E-state index contributed by atoms with van der Waals surface area (Å²) in [6.45, 7) is 0. The average Bonchev–Trinajstić information content (AvgIpc) is 2.37. The van der Waals surface area contributed by atoms with Gasteiger partial charge in [-0.2, -0.15) is 0 Å². The van der Waals surface area contributed by atoms with Gasteiger partial charge in [0.15, 0.2) is 0 Å². The highest BCUT2D eigenvalue weighted by Gasteiger charge is 2.16. The van der Waals surface area contributed by atoms with Crippen LogP contribution in [0.15, 0.2) is 51.4 Å². The minimum absolute atomic E-state index is 0.173. The second-order valence-electron chi connectivity index (χ2n) is 4.16. The molecule has 2 rings (SSSR count). The normalized spacial score (nSPS) is 11.3. The molecule has 3 N–H and O–H groups in total. The van der Waals surface area contributed by atoms with E-state index in [2.05, 4.69) is 36.6 Å². The van der Waals surface area contributed by atoms with E-state index in [0.29, 0.717) is 25.9 Å².